The Balaban J connectivity index is 1.58. The highest BCUT2D eigenvalue weighted by atomic mass is 35.5. The molecule has 0 aromatic heterocycles. The van der Waals surface area contributed by atoms with E-state index in [0.717, 1.165) is 53.1 Å². The number of hydrogen-bond acceptors (Lipinski definition) is 4. The van der Waals surface area contributed by atoms with Gasteiger partial charge in [-0.25, -0.2) is 12.8 Å². The predicted octanol–water partition coefficient (Wildman–Crippen LogP) is 7.38. The first-order valence-electron chi connectivity index (χ1n) is 16.3. The van der Waals surface area contributed by atoms with E-state index < -0.39 is 34.3 Å². The maximum Gasteiger partial charge on any atom is 0.264 e. The molecule has 1 fully saturated rings. The zero-order valence-electron chi connectivity index (χ0n) is 27.2. The molecule has 252 valence electrons. The Kier molecular flexibility index (Phi) is 11.5. The van der Waals surface area contributed by atoms with Crippen molar-refractivity contribution >= 4 is 39.1 Å². The number of carbonyl (C=O) groups excluding carboxylic acids is 2. The lowest BCUT2D eigenvalue weighted by Crippen LogP contribution is -2.55. The smallest absolute Gasteiger partial charge is 0.264 e. The lowest BCUT2D eigenvalue weighted by atomic mass is 9.94. The van der Waals surface area contributed by atoms with Crippen LogP contribution in [0.5, 0.6) is 0 Å². The molecule has 1 aliphatic carbocycles. The second-order valence-electron chi connectivity index (χ2n) is 12.4. The van der Waals surface area contributed by atoms with Crippen LogP contribution >= 0.6 is 11.6 Å². The average Bonchev–Trinajstić information content (AvgIpc) is 3.08. The Morgan fingerprint density at radius 1 is 0.896 bits per heavy atom. The highest BCUT2D eigenvalue weighted by molar-refractivity contribution is 7.92. The summed E-state index contributed by atoms with van der Waals surface area (Å²) in [5.74, 6) is -1.55. The molecule has 0 aliphatic heterocycles. The van der Waals surface area contributed by atoms with Crippen LogP contribution in [0.25, 0.3) is 0 Å². The maximum atomic E-state index is 15.2. The van der Waals surface area contributed by atoms with E-state index in [2.05, 4.69) is 5.32 Å². The number of sulfonamides is 1. The van der Waals surface area contributed by atoms with Gasteiger partial charge in [0.25, 0.3) is 10.0 Å². The summed E-state index contributed by atoms with van der Waals surface area (Å²) in [6.07, 6.45) is 4.92. The van der Waals surface area contributed by atoms with Crippen molar-refractivity contribution in [3.63, 3.8) is 0 Å². The number of nitrogens with one attached hydrogen (secondary N) is 1. The summed E-state index contributed by atoms with van der Waals surface area (Å²) in [6, 6.07) is 25.5. The lowest BCUT2D eigenvalue weighted by Gasteiger charge is -2.35. The first-order chi connectivity index (χ1) is 23.0. The monoisotopic (exact) mass is 689 g/mol. The van der Waals surface area contributed by atoms with E-state index in [4.69, 9.17) is 11.6 Å². The van der Waals surface area contributed by atoms with Crippen molar-refractivity contribution in [3.05, 3.63) is 130 Å². The van der Waals surface area contributed by atoms with Gasteiger partial charge in [-0.3, -0.25) is 13.9 Å². The van der Waals surface area contributed by atoms with Gasteiger partial charge in [0.1, 0.15) is 18.4 Å². The van der Waals surface area contributed by atoms with Gasteiger partial charge in [0.05, 0.1) is 10.6 Å². The molecule has 10 heteroatoms. The highest BCUT2D eigenvalue weighted by Crippen LogP contribution is 2.29. The molecule has 1 saturated carbocycles. The van der Waals surface area contributed by atoms with Gasteiger partial charge in [0.15, 0.2) is 0 Å². The van der Waals surface area contributed by atoms with E-state index in [9.17, 15) is 18.0 Å². The molecular weight excluding hydrogens is 649 g/mol. The van der Waals surface area contributed by atoms with Gasteiger partial charge in [-0.15, -0.1) is 0 Å². The van der Waals surface area contributed by atoms with E-state index in [1.165, 1.54) is 29.2 Å². The highest BCUT2D eigenvalue weighted by Gasteiger charge is 2.36. The number of benzene rings is 4. The van der Waals surface area contributed by atoms with Crippen molar-refractivity contribution in [2.75, 3.05) is 10.8 Å². The third-order valence-corrected chi connectivity index (χ3v) is 11.0. The standard InChI is InChI=1S/C38H41ClFN3O4S/c1-27-17-21-33(22-18-27)48(46,47)43(32-20-19-28(2)34(39)24-32)26-37(44)42(25-30-13-9-10-16-35(30)40)36(23-29-11-5-3-6-12-29)38(45)41-31-14-7-4-8-15-31/h3,5-6,9-13,16-22,24,31,36H,4,7-8,14-15,23,25-26H2,1-2H3,(H,41,45). The third kappa shape index (κ3) is 8.62. The van der Waals surface area contributed by atoms with E-state index in [1.54, 1.807) is 49.4 Å². The van der Waals surface area contributed by atoms with Crippen LogP contribution < -0.4 is 9.62 Å². The minimum absolute atomic E-state index is 0.00544. The number of aryl methyl sites for hydroxylation is 2. The molecule has 5 rings (SSSR count). The van der Waals surface area contributed by atoms with Crippen LogP contribution in [0.1, 0.15) is 54.4 Å². The second kappa shape index (κ2) is 15.8. The first-order valence-corrected chi connectivity index (χ1v) is 18.1. The quantitative estimate of drug-likeness (QED) is 0.168. The zero-order chi connectivity index (χ0) is 34.3. The minimum atomic E-state index is -4.29. The van der Waals surface area contributed by atoms with Crippen LogP contribution in [-0.2, 0) is 32.6 Å². The van der Waals surface area contributed by atoms with Gasteiger partial charge >= 0.3 is 0 Å². The fourth-order valence-corrected chi connectivity index (χ4v) is 7.59. The number of nitrogens with zero attached hydrogens (tertiary/aromatic N) is 2. The molecule has 1 atom stereocenters. The van der Waals surface area contributed by atoms with Crippen LogP contribution in [0.15, 0.2) is 102 Å². The van der Waals surface area contributed by atoms with Gasteiger partial charge in [-0.2, -0.15) is 0 Å². The Morgan fingerprint density at radius 2 is 1.56 bits per heavy atom. The van der Waals surface area contributed by atoms with Gasteiger partial charge in [-0.1, -0.05) is 103 Å². The Morgan fingerprint density at radius 3 is 2.23 bits per heavy atom. The number of anilines is 1. The summed E-state index contributed by atoms with van der Waals surface area (Å²) in [5.41, 5.74) is 2.82. The number of carbonyl (C=O) groups is 2. The van der Waals surface area contributed by atoms with Crippen LogP contribution in [0.3, 0.4) is 0 Å². The Labute approximate surface area is 287 Å². The summed E-state index contributed by atoms with van der Waals surface area (Å²) in [7, 11) is -4.29. The summed E-state index contributed by atoms with van der Waals surface area (Å²) in [6.45, 7) is 2.76. The molecule has 0 bridgehead atoms. The summed E-state index contributed by atoms with van der Waals surface area (Å²) < 4.78 is 44.7. The van der Waals surface area contributed by atoms with Crippen molar-refractivity contribution < 1.29 is 22.4 Å². The molecule has 4 aromatic carbocycles. The number of hydrogen-bond donors (Lipinski definition) is 1. The predicted molar refractivity (Wildman–Crippen MR) is 188 cm³/mol. The number of rotatable bonds is 12. The molecule has 1 unspecified atom stereocenters. The summed E-state index contributed by atoms with van der Waals surface area (Å²) in [4.78, 5) is 30.1. The van der Waals surface area contributed by atoms with Crippen molar-refractivity contribution in [2.24, 2.45) is 0 Å². The van der Waals surface area contributed by atoms with E-state index in [-0.39, 0.29) is 41.1 Å². The van der Waals surface area contributed by atoms with E-state index >= 15 is 4.39 Å². The largest absolute Gasteiger partial charge is 0.352 e. The van der Waals surface area contributed by atoms with Crippen molar-refractivity contribution in [1.82, 2.24) is 10.2 Å². The van der Waals surface area contributed by atoms with Gasteiger partial charge in [0, 0.05) is 29.6 Å². The number of halogens is 2. The Bertz CT molecular complexity index is 1830. The molecule has 0 heterocycles. The molecule has 0 radical (unpaired) electrons. The van der Waals surface area contributed by atoms with E-state index in [1.807, 2.05) is 37.3 Å². The first kappa shape index (κ1) is 35.1. The SMILES string of the molecule is Cc1ccc(S(=O)(=O)N(CC(=O)N(Cc2ccccc2F)C(Cc2ccccc2)C(=O)NC2CCCCC2)c2ccc(C)c(Cl)c2)cc1. The molecule has 0 saturated heterocycles. The molecule has 48 heavy (non-hydrogen) atoms. The normalized spacial score (nSPS) is 14.2. The topological polar surface area (TPSA) is 86.8 Å². The lowest BCUT2D eigenvalue weighted by molar-refractivity contribution is -0.140. The second-order valence-corrected chi connectivity index (χ2v) is 14.7. The van der Waals surface area contributed by atoms with Crippen LogP contribution in [0.2, 0.25) is 5.02 Å². The van der Waals surface area contributed by atoms with Crippen molar-refractivity contribution in [3.8, 4) is 0 Å². The minimum Gasteiger partial charge on any atom is -0.352 e. The molecular formula is C38H41ClFN3O4S. The van der Waals surface area contributed by atoms with Crippen molar-refractivity contribution in [2.45, 2.75) is 75.9 Å². The zero-order valence-corrected chi connectivity index (χ0v) is 28.8. The Hall–Kier alpha value is -4.21. The summed E-state index contributed by atoms with van der Waals surface area (Å²) >= 11 is 6.46. The average molecular weight is 690 g/mol. The molecule has 2 amide bonds. The molecule has 0 spiro atoms. The third-order valence-electron chi connectivity index (χ3n) is 8.85. The van der Waals surface area contributed by atoms with Crippen LogP contribution in [-0.4, -0.2) is 43.8 Å². The van der Waals surface area contributed by atoms with Gasteiger partial charge in [0.2, 0.25) is 11.8 Å². The molecule has 1 N–H and O–H groups in total. The van der Waals surface area contributed by atoms with Gasteiger partial charge in [-0.05, 0) is 68.1 Å². The molecule has 4 aromatic rings. The summed E-state index contributed by atoms with van der Waals surface area (Å²) in [5, 5.41) is 3.49. The van der Waals surface area contributed by atoms with Crippen LogP contribution in [0, 0.1) is 19.7 Å². The number of amides is 2. The van der Waals surface area contributed by atoms with E-state index in [0.29, 0.717) is 5.02 Å². The van der Waals surface area contributed by atoms with Crippen LogP contribution in [0.4, 0.5) is 10.1 Å². The van der Waals surface area contributed by atoms with Crippen molar-refractivity contribution in [1.29, 1.82) is 0 Å². The fourth-order valence-electron chi connectivity index (χ4n) is 6.01. The molecule has 1 aliphatic rings. The molecule has 7 nitrogen and oxygen atoms in total. The maximum absolute atomic E-state index is 15.2. The fraction of sp³-hybridized carbons (Fsp3) is 0.316. The van der Waals surface area contributed by atoms with Gasteiger partial charge < -0.3 is 10.2 Å².